The number of carbonyl (C=O) groups excluding carboxylic acids is 1. The van der Waals surface area contributed by atoms with Crippen molar-refractivity contribution in [3.05, 3.63) is 48.0 Å². The van der Waals surface area contributed by atoms with Gasteiger partial charge in [0, 0.05) is 58.6 Å². The van der Waals surface area contributed by atoms with Crippen LogP contribution in [0.3, 0.4) is 0 Å². The zero-order chi connectivity index (χ0) is 34.1. The maximum Gasteiger partial charge on any atom is 0.428 e. The molecule has 1 amide bonds. The van der Waals surface area contributed by atoms with E-state index in [0.717, 1.165) is 0 Å². The van der Waals surface area contributed by atoms with Crippen molar-refractivity contribution in [2.24, 2.45) is 16.6 Å². The Labute approximate surface area is 273 Å². The third-order valence-electron chi connectivity index (χ3n) is 8.93. The summed E-state index contributed by atoms with van der Waals surface area (Å²) >= 11 is 0. The highest BCUT2D eigenvalue weighted by Gasteiger charge is 2.70. The Morgan fingerprint density at radius 1 is 1.09 bits per heavy atom. The minimum atomic E-state index is -5.58. The normalized spacial score (nSPS) is 24.7. The van der Waals surface area contributed by atoms with Gasteiger partial charge in [-0.25, -0.2) is 14.4 Å². The number of rotatable bonds is 8. The predicted octanol–water partition coefficient (Wildman–Crippen LogP) is 4.42. The van der Waals surface area contributed by atoms with Crippen LogP contribution in [0.2, 0.25) is 25.7 Å². The van der Waals surface area contributed by atoms with E-state index in [1.54, 1.807) is 12.1 Å². The molecule has 0 bridgehead atoms. The van der Waals surface area contributed by atoms with Crippen molar-refractivity contribution in [2.45, 2.75) is 50.5 Å². The van der Waals surface area contributed by atoms with Crippen LogP contribution in [0.5, 0.6) is 0 Å². The molecule has 0 saturated carbocycles. The lowest BCUT2D eigenvalue weighted by atomic mass is 9.74. The number of alkyl halides is 4. The van der Waals surface area contributed by atoms with E-state index in [-0.39, 0.29) is 48.5 Å². The molecule has 3 aliphatic rings. The summed E-state index contributed by atoms with van der Waals surface area (Å²) in [4.78, 5) is 32.2. The smallest absolute Gasteiger partial charge is 0.428 e. The highest BCUT2D eigenvalue weighted by Crippen LogP contribution is 2.54. The van der Waals surface area contributed by atoms with Crippen LogP contribution < -0.4 is 10.6 Å². The molecule has 2 N–H and O–H groups in total. The molecular formula is C32H43F4N7O3Si. The molecule has 47 heavy (non-hydrogen) atoms. The van der Waals surface area contributed by atoms with Crippen LogP contribution in [0.25, 0.3) is 17.0 Å². The molecule has 10 nitrogen and oxygen atoms in total. The first-order valence-corrected chi connectivity index (χ1v) is 19.5. The first-order chi connectivity index (χ1) is 22.1. The number of aliphatic imine (C=N–C) groups is 1. The van der Waals surface area contributed by atoms with Crippen LogP contribution in [0.15, 0.2) is 47.4 Å². The topological polar surface area (TPSA) is 109 Å². The fourth-order valence-corrected chi connectivity index (χ4v) is 6.77. The van der Waals surface area contributed by atoms with Crippen LogP contribution >= 0.6 is 0 Å². The molecule has 1 aromatic heterocycles. The van der Waals surface area contributed by atoms with E-state index in [0.29, 0.717) is 44.7 Å². The average Bonchev–Trinajstić information content (AvgIpc) is 3.01. The van der Waals surface area contributed by atoms with Crippen LogP contribution in [0.1, 0.15) is 12.5 Å². The molecular weight excluding hydrogens is 634 g/mol. The standard InChI is InChI=1S/C32H43F4N7O3Si/c1-21-20-43(13-12-41(21)2)29-26(27(37)44)31(33,32(34,35)36)25(30(40-29)46-18-19-47(3,4)5)22-8-6-7-9-23(22)28-38-11-10-24(39-28)42-14-16-45-17-15-42/h6-11,21,26H,12-20H2,1-5H3,(H2,37,44). The predicted molar refractivity (Wildman–Crippen MR) is 175 cm³/mol. The van der Waals surface area contributed by atoms with E-state index in [4.69, 9.17) is 15.2 Å². The third-order valence-corrected chi connectivity index (χ3v) is 10.6. The number of benzene rings is 1. The van der Waals surface area contributed by atoms with E-state index in [1.807, 2.05) is 23.8 Å². The van der Waals surface area contributed by atoms with Crippen LogP contribution in [0, 0.1) is 5.92 Å². The van der Waals surface area contributed by atoms with Crippen molar-refractivity contribution in [3.8, 4) is 11.4 Å². The van der Waals surface area contributed by atoms with E-state index < -0.39 is 43.2 Å². The first kappa shape index (κ1) is 34.8. The summed E-state index contributed by atoms with van der Waals surface area (Å²) < 4.78 is 75.7. The monoisotopic (exact) mass is 677 g/mol. The molecule has 5 rings (SSSR count). The summed E-state index contributed by atoms with van der Waals surface area (Å²) in [6, 6.07) is 8.17. The van der Waals surface area contributed by atoms with Crippen molar-refractivity contribution in [3.63, 3.8) is 0 Å². The summed E-state index contributed by atoms with van der Waals surface area (Å²) in [6.07, 6.45) is -4.08. The number of halogens is 4. The van der Waals surface area contributed by atoms with Crippen molar-refractivity contribution in [1.29, 1.82) is 0 Å². The molecule has 0 aliphatic carbocycles. The van der Waals surface area contributed by atoms with E-state index in [2.05, 4.69) is 34.6 Å². The molecule has 2 fully saturated rings. The Balaban J connectivity index is 1.75. The number of hydrogen-bond acceptors (Lipinski definition) is 9. The molecule has 2 saturated heterocycles. The van der Waals surface area contributed by atoms with Crippen molar-refractivity contribution >= 4 is 31.2 Å². The fourth-order valence-electron chi connectivity index (χ4n) is 6.05. The largest absolute Gasteiger partial charge is 0.478 e. The fraction of sp³-hybridized carbons (Fsp3) is 0.562. The Morgan fingerprint density at radius 3 is 2.38 bits per heavy atom. The zero-order valence-corrected chi connectivity index (χ0v) is 28.5. The third kappa shape index (κ3) is 7.16. The number of morpholine rings is 1. The molecule has 1 aromatic carbocycles. The lowest BCUT2D eigenvalue weighted by Gasteiger charge is -2.45. The van der Waals surface area contributed by atoms with E-state index in [9.17, 15) is 4.79 Å². The number of piperazine rings is 1. The Hall–Kier alpha value is -3.56. The molecule has 15 heteroatoms. The lowest BCUT2D eigenvalue weighted by Crippen LogP contribution is -2.63. The molecule has 2 aromatic rings. The molecule has 256 valence electrons. The molecule has 0 radical (unpaired) electrons. The Bertz CT molecular complexity index is 1530. The quantitative estimate of drug-likeness (QED) is 0.323. The van der Waals surface area contributed by atoms with Gasteiger partial charge in [-0.1, -0.05) is 43.9 Å². The van der Waals surface area contributed by atoms with Gasteiger partial charge >= 0.3 is 6.18 Å². The first-order valence-electron chi connectivity index (χ1n) is 15.8. The number of hydrogen-bond donors (Lipinski definition) is 1. The number of carbonyl (C=O) groups is 1. The number of anilines is 1. The molecule has 3 unspecified atom stereocenters. The number of amides is 1. The van der Waals surface area contributed by atoms with Gasteiger partial charge in [-0.05, 0) is 31.6 Å². The second-order valence-corrected chi connectivity index (χ2v) is 19.1. The van der Waals surface area contributed by atoms with Crippen molar-refractivity contribution in [2.75, 3.05) is 64.5 Å². The zero-order valence-electron chi connectivity index (χ0n) is 27.5. The van der Waals surface area contributed by atoms with Gasteiger partial charge < -0.3 is 29.9 Å². The van der Waals surface area contributed by atoms with E-state index in [1.165, 1.54) is 29.3 Å². The summed E-state index contributed by atoms with van der Waals surface area (Å²) in [5.74, 6) is -4.21. The van der Waals surface area contributed by atoms with Crippen LogP contribution in [0.4, 0.5) is 23.4 Å². The number of allylic oxidation sites excluding steroid dienone is 1. The molecule has 3 atom stereocenters. The summed E-state index contributed by atoms with van der Waals surface area (Å²) in [5, 5.41) is 0. The molecule has 3 aliphatic heterocycles. The van der Waals surface area contributed by atoms with Crippen LogP contribution in [-0.4, -0.2) is 117 Å². The number of ether oxygens (including phenoxy) is 2. The second-order valence-electron chi connectivity index (χ2n) is 13.5. The van der Waals surface area contributed by atoms with Gasteiger partial charge in [-0.15, -0.1) is 0 Å². The van der Waals surface area contributed by atoms with Gasteiger partial charge in [0.25, 0.3) is 5.67 Å². The highest BCUT2D eigenvalue weighted by molar-refractivity contribution is 6.76. The van der Waals surface area contributed by atoms with E-state index >= 15 is 17.6 Å². The minimum absolute atomic E-state index is 0.0187. The summed E-state index contributed by atoms with van der Waals surface area (Å²) in [5.41, 5.74) is 0.449. The van der Waals surface area contributed by atoms with Gasteiger partial charge in [0.05, 0.1) is 25.4 Å². The minimum Gasteiger partial charge on any atom is -0.478 e. The van der Waals surface area contributed by atoms with Gasteiger partial charge in [0.2, 0.25) is 11.8 Å². The number of nitrogens with two attached hydrogens (primary N) is 1. The number of primary amides is 1. The van der Waals surface area contributed by atoms with Crippen molar-refractivity contribution < 1.29 is 31.8 Å². The number of likely N-dealkylation sites (N-methyl/N-ethyl adjacent to an activating group) is 1. The highest BCUT2D eigenvalue weighted by atomic mass is 28.3. The number of nitrogens with zero attached hydrogens (tertiary/aromatic N) is 6. The van der Waals surface area contributed by atoms with Crippen LogP contribution in [-0.2, 0) is 14.3 Å². The molecule has 4 heterocycles. The Morgan fingerprint density at radius 2 is 1.77 bits per heavy atom. The SMILES string of the molecule is CC1CN(C2=NC(OCC[Si](C)(C)C)=C(c3ccccc3-c3nccc(N4CCOCC4)n3)C(F)(C(F)(F)F)C2C(N)=O)CCN1C. The molecule has 0 spiro atoms. The van der Waals surface area contributed by atoms with Crippen molar-refractivity contribution in [1.82, 2.24) is 19.8 Å². The maximum absolute atomic E-state index is 17.8. The second kappa shape index (κ2) is 13.5. The van der Waals surface area contributed by atoms with Gasteiger partial charge in [0.15, 0.2) is 5.82 Å². The number of amidine groups is 1. The summed E-state index contributed by atoms with van der Waals surface area (Å²) in [7, 11) is 0.155. The summed E-state index contributed by atoms with van der Waals surface area (Å²) in [6.45, 7) is 11.3. The number of aromatic nitrogens is 2. The average molecular weight is 678 g/mol. The Kier molecular flexibility index (Phi) is 9.99. The van der Waals surface area contributed by atoms with Gasteiger partial charge in [-0.2, -0.15) is 18.2 Å². The lowest BCUT2D eigenvalue weighted by molar-refractivity contribution is -0.218. The van der Waals surface area contributed by atoms with Gasteiger partial charge in [-0.3, -0.25) is 4.79 Å². The maximum atomic E-state index is 17.8. The van der Waals surface area contributed by atoms with Gasteiger partial charge in [0.1, 0.15) is 17.6 Å².